The van der Waals surface area contributed by atoms with Gasteiger partial charge in [0.15, 0.2) is 0 Å². The molecule has 0 fully saturated rings. The quantitative estimate of drug-likeness (QED) is 0.243. The molecule has 0 spiro atoms. The zero-order valence-electron chi connectivity index (χ0n) is 25.1. The first-order valence-corrected chi connectivity index (χ1v) is 13.0. The van der Waals surface area contributed by atoms with Gasteiger partial charge in [-0.15, -0.1) is 18.9 Å². The number of carbonyl (C=O) groups excluding carboxylic acids is 3. The number of rotatable bonds is 10. The number of nitrogens with one attached hydrogen (secondary N) is 1. The highest BCUT2D eigenvalue weighted by molar-refractivity contribution is 5.84. The van der Waals surface area contributed by atoms with Gasteiger partial charge in [0.05, 0.1) is 6.61 Å². The first kappa shape index (κ1) is 53.0. The second kappa shape index (κ2) is 40.2. The van der Waals surface area contributed by atoms with Crippen molar-refractivity contribution in [2.45, 2.75) is 114 Å². The maximum atomic E-state index is 12.5. The summed E-state index contributed by atoms with van der Waals surface area (Å²) < 4.78 is 5.74. The Hall–Kier alpha value is -2.31. The van der Waals surface area contributed by atoms with Crippen molar-refractivity contribution in [3.63, 3.8) is 0 Å². The fraction of sp³-hybridized carbons (Fsp3) is 0.710. The topological polar surface area (TPSA) is 128 Å². The van der Waals surface area contributed by atoms with Crippen LogP contribution in [0.4, 0.5) is 0 Å². The Morgan fingerprint density at radius 3 is 2.03 bits per heavy atom. The van der Waals surface area contributed by atoms with E-state index in [0.29, 0.717) is 32.8 Å². The Morgan fingerprint density at radius 1 is 1.21 bits per heavy atom. The predicted molar refractivity (Wildman–Crippen MR) is 172 cm³/mol. The van der Waals surface area contributed by atoms with Gasteiger partial charge in [0, 0.05) is 31.6 Å². The molecule has 0 aromatic heterocycles. The first-order chi connectivity index (χ1) is 17.6. The third-order valence-electron chi connectivity index (χ3n) is 4.63. The summed E-state index contributed by atoms with van der Waals surface area (Å²) in [5, 5.41) is 3.09. The number of ether oxygens (including phenoxy) is 1. The number of nitrogens with two attached hydrogens (primary N) is 2. The highest BCUT2D eigenvalue weighted by atomic mass is 16.5. The van der Waals surface area contributed by atoms with E-state index in [1.165, 1.54) is 6.42 Å². The summed E-state index contributed by atoms with van der Waals surface area (Å²) >= 11 is 0. The third kappa shape index (κ3) is 33.7. The molecule has 1 heterocycles. The van der Waals surface area contributed by atoms with Crippen molar-refractivity contribution in [3.8, 4) is 12.3 Å². The molecule has 39 heavy (non-hydrogen) atoms. The lowest BCUT2D eigenvalue weighted by atomic mass is 9.88. The zero-order chi connectivity index (χ0) is 30.3. The molecule has 0 aliphatic carbocycles. The van der Waals surface area contributed by atoms with E-state index in [1.807, 2.05) is 44.5 Å². The Morgan fingerprint density at radius 2 is 1.67 bits per heavy atom. The van der Waals surface area contributed by atoms with E-state index in [4.69, 9.17) is 32.2 Å². The molecule has 0 aromatic rings. The van der Waals surface area contributed by atoms with Gasteiger partial charge in [-0.2, -0.15) is 0 Å². The van der Waals surface area contributed by atoms with Crippen LogP contribution in [0.5, 0.6) is 0 Å². The summed E-state index contributed by atoms with van der Waals surface area (Å²) in [4.78, 5) is 30.5. The van der Waals surface area contributed by atoms with Crippen molar-refractivity contribution in [3.05, 3.63) is 24.8 Å². The molecule has 1 amide bonds. The van der Waals surface area contributed by atoms with Gasteiger partial charge < -0.3 is 31.1 Å². The number of carbonyl (C=O) groups is 3. The SMILES string of the molecule is C.C.C#CCCC(CC)NC(=O)C1C=CCN1COCC(N)C(C)(C)C.C=CCN.C=O.C=O.CC.CCC. The highest BCUT2D eigenvalue weighted by Gasteiger charge is 2.28. The van der Waals surface area contributed by atoms with Crippen LogP contribution in [0.25, 0.3) is 0 Å². The molecule has 0 saturated carbocycles. The van der Waals surface area contributed by atoms with E-state index in [1.54, 1.807) is 6.08 Å². The molecular weight excluding hydrogens is 492 g/mol. The van der Waals surface area contributed by atoms with E-state index >= 15 is 0 Å². The molecule has 1 rings (SSSR count). The standard InChI is InChI=1S/C19H33N3O2.C3H7N.C3H8.C2H6.2CH2O.2CH4/c1-6-8-10-15(7-2)21-18(23)16-11-9-12-22(16)14-24-13-17(20)19(3,4)5;1-2-3-4;1-3-2;3*1-2;;/h1,9,11,15-17H,7-8,10,12-14,20H2,2-5H3,(H,21,23);2H,1,3-4H2;3H2,1-2H3;1-2H3;2*1H2;2*1H4. The van der Waals surface area contributed by atoms with Crippen LogP contribution in [0.2, 0.25) is 0 Å². The van der Waals surface area contributed by atoms with Gasteiger partial charge in [-0.05, 0) is 18.3 Å². The summed E-state index contributed by atoms with van der Waals surface area (Å²) in [7, 11) is 0. The molecule has 8 heteroatoms. The van der Waals surface area contributed by atoms with Crippen LogP contribution in [0.15, 0.2) is 24.8 Å². The molecule has 0 aromatic carbocycles. The number of hydrogen-bond donors (Lipinski definition) is 3. The molecule has 5 N–H and O–H groups in total. The third-order valence-corrected chi connectivity index (χ3v) is 4.63. The number of nitrogens with zero attached hydrogens (tertiary/aromatic N) is 1. The molecule has 3 atom stereocenters. The highest BCUT2D eigenvalue weighted by Crippen LogP contribution is 2.18. The summed E-state index contributed by atoms with van der Waals surface area (Å²) in [5.41, 5.74) is 11.0. The van der Waals surface area contributed by atoms with Gasteiger partial charge in [-0.3, -0.25) is 9.69 Å². The lowest BCUT2D eigenvalue weighted by Crippen LogP contribution is -2.48. The van der Waals surface area contributed by atoms with E-state index in [0.717, 1.165) is 12.8 Å². The summed E-state index contributed by atoms with van der Waals surface area (Å²) in [6.07, 6.45) is 14.5. The lowest BCUT2D eigenvalue weighted by Gasteiger charge is -2.29. The van der Waals surface area contributed by atoms with Crippen LogP contribution in [0, 0.1) is 17.8 Å². The number of terminal acetylenes is 1. The van der Waals surface area contributed by atoms with Crippen LogP contribution < -0.4 is 16.8 Å². The summed E-state index contributed by atoms with van der Waals surface area (Å²) in [5.74, 6) is 2.64. The van der Waals surface area contributed by atoms with E-state index in [-0.39, 0.29) is 44.3 Å². The van der Waals surface area contributed by atoms with Gasteiger partial charge in [-0.25, -0.2) is 0 Å². The fourth-order valence-corrected chi connectivity index (χ4v) is 2.42. The summed E-state index contributed by atoms with van der Waals surface area (Å²) in [6.45, 7) is 26.1. The van der Waals surface area contributed by atoms with Gasteiger partial charge in [0.1, 0.15) is 26.4 Å². The maximum absolute atomic E-state index is 12.5. The molecule has 1 aliphatic rings. The average molecular weight is 559 g/mol. The van der Waals surface area contributed by atoms with Gasteiger partial charge >= 0.3 is 0 Å². The second-order valence-corrected chi connectivity index (χ2v) is 8.70. The van der Waals surface area contributed by atoms with E-state index < -0.39 is 0 Å². The monoisotopic (exact) mass is 559 g/mol. The van der Waals surface area contributed by atoms with Gasteiger partial charge in [-0.1, -0.05) is 94.9 Å². The lowest BCUT2D eigenvalue weighted by molar-refractivity contribution is -0.127. The van der Waals surface area contributed by atoms with Crippen molar-refractivity contribution >= 4 is 19.5 Å². The molecular formula is C31H66N4O4. The van der Waals surface area contributed by atoms with Gasteiger partial charge in [0.2, 0.25) is 5.91 Å². The Kier molecular flexibility index (Phi) is 54.6. The van der Waals surface area contributed by atoms with Crippen molar-refractivity contribution in [1.82, 2.24) is 10.2 Å². The molecule has 0 saturated heterocycles. The van der Waals surface area contributed by atoms with Crippen LogP contribution in [-0.4, -0.2) is 68.9 Å². The smallest absolute Gasteiger partial charge is 0.241 e. The van der Waals surface area contributed by atoms with Crippen LogP contribution in [0.3, 0.4) is 0 Å². The molecule has 1 aliphatic heterocycles. The van der Waals surface area contributed by atoms with E-state index in [2.05, 4.69) is 59.4 Å². The fourth-order valence-electron chi connectivity index (χ4n) is 2.42. The average Bonchev–Trinajstić information content (AvgIpc) is 3.38. The normalized spacial score (nSPS) is 14.1. The molecule has 234 valence electrons. The predicted octanol–water partition coefficient (Wildman–Crippen LogP) is 5.36. The van der Waals surface area contributed by atoms with Crippen molar-refractivity contribution in [2.75, 3.05) is 26.4 Å². The van der Waals surface area contributed by atoms with Crippen LogP contribution in [-0.2, 0) is 19.1 Å². The van der Waals surface area contributed by atoms with Crippen LogP contribution >= 0.6 is 0 Å². The molecule has 8 nitrogen and oxygen atoms in total. The largest absolute Gasteiger partial charge is 0.364 e. The van der Waals surface area contributed by atoms with Crippen molar-refractivity contribution < 1.29 is 19.1 Å². The zero-order valence-corrected chi connectivity index (χ0v) is 25.1. The first-order valence-electron chi connectivity index (χ1n) is 13.0. The minimum atomic E-state index is -0.282. The Labute approximate surface area is 243 Å². The summed E-state index contributed by atoms with van der Waals surface area (Å²) in [6, 6.07) is -0.191. The Balaban J connectivity index is -0.000000117. The molecule has 0 bridgehead atoms. The maximum Gasteiger partial charge on any atom is 0.241 e. The molecule has 3 unspecified atom stereocenters. The second-order valence-electron chi connectivity index (χ2n) is 8.70. The van der Waals surface area contributed by atoms with Crippen LogP contribution in [0.1, 0.15) is 95.9 Å². The Bertz CT molecular complexity index is 570. The number of amides is 1. The minimum Gasteiger partial charge on any atom is -0.364 e. The van der Waals surface area contributed by atoms with Gasteiger partial charge in [0.25, 0.3) is 0 Å². The molecule has 0 radical (unpaired) electrons. The van der Waals surface area contributed by atoms with Crippen molar-refractivity contribution in [2.24, 2.45) is 16.9 Å². The minimum absolute atomic E-state index is 0. The van der Waals surface area contributed by atoms with E-state index in [9.17, 15) is 4.79 Å². The number of hydrogen-bond acceptors (Lipinski definition) is 7. The van der Waals surface area contributed by atoms with Crippen molar-refractivity contribution in [1.29, 1.82) is 0 Å².